The van der Waals surface area contributed by atoms with Gasteiger partial charge in [0.05, 0.1) is 10.9 Å². The highest BCUT2D eigenvalue weighted by molar-refractivity contribution is 7.22. The lowest BCUT2D eigenvalue weighted by molar-refractivity contribution is -0.114. The Morgan fingerprint density at radius 3 is 2.88 bits per heavy atom. The molecule has 1 aliphatic rings. The van der Waals surface area contributed by atoms with Crippen LogP contribution >= 0.6 is 22.7 Å². The first kappa shape index (κ1) is 17.6. The van der Waals surface area contributed by atoms with Gasteiger partial charge in [0.1, 0.15) is 15.5 Å². The van der Waals surface area contributed by atoms with Gasteiger partial charge in [-0.3, -0.25) is 14.7 Å². The SMILES string of the molecule is CC(=O)Nc1sc2c(c1-c1nc3cnccc3s1)C(C)CN(C(C)C)C2. The lowest BCUT2D eigenvalue weighted by Crippen LogP contribution is -2.36. The molecule has 1 atom stereocenters. The first-order valence-electron chi connectivity index (χ1n) is 8.82. The van der Waals surface area contributed by atoms with Crippen molar-refractivity contribution in [3.05, 3.63) is 28.9 Å². The molecule has 3 aromatic heterocycles. The summed E-state index contributed by atoms with van der Waals surface area (Å²) in [7, 11) is 0. The second kappa shape index (κ2) is 6.72. The highest BCUT2D eigenvalue weighted by atomic mass is 32.1. The van der Waals surface area contributed by atoms with Crippen molar-refractivity contribution in [1.29, 1.82) is 0 Å². The number of carbonyl (C=O) groups excluding carboxylic acids is 1. The summed E-state index contributed by atoms with van der Waals surface area (Å²) >= 11 is 3.37. The number of rotatable bonds is 3. The van der Waals surface area contributed by atoms with E-state index in [4.69, 9.17) is 4.98 Å². The van der Waals surface area contributed by atoms with E-state index in [-0.39, 0.29) is 5.91 Å². The van der Waals surface area contributed by atoms with Crippen molar-refractivity contribution in [2.24, 2.45) is 0 Å². The normalized spacial score (nSPS) is 17.7. The van der Waals surface area contributed by atoms with Gasteiger partial charge in [0, 0.05) is 42.7 Å². The zero-order valence-electron chi connectivity index (χ0n) is 15.4. The van der Waals surface area contributed by atoms with Crippen molar-refractivity contribution in [3.63, 3.8) is 0 Å². The molecule has 0 fully saturated rings. The van der Waals surface area contributed by atoms with E-state index in [9.17, 15) is 4.79 Å². The third-order valence-electron chi connectivity index (χ3n) is 4.79. The number of thiazole rings is 1. The predicted molar refractivity (Wildman–Crippen MR) is 109 cm³/mol. The van der Waals surface area contributed by atoms with Gasteiger partial charge in [0.15, 0.2) is 0 Å². The van der Waals surface area contributed by atoms with Gasteiger partial charge in [-0.2, -0.15) is 0 Å². The minimum absolute atomic E-state index is 0.0407. The lowest BCUT2D eigenvalue weighted by atomic mass is 9.92. The zero-order valence-corrected chi connectivity index (χ0v) is 17.0. The maximum Gasteiger partial charge on any atom is 0.221 e. The largest absolute Gasteiger partial charge is 0.317 e. The van der Waals surface area contributed by atoms with Crippen LogP contribution in [0.5, 0.6) is 0 Å². The van der Waals surface area contributed by atoms with Gasteiger partial charge in [-0.05, 0) is 31.4 Å². The number of pyridine rings is 1. The number of nitrogens with zero attached hydrogens (tertiary/aromatic N) is 3. The van der Waals surface area contributed by atoms with Gasteiger partial charge in [0.2, 0.25) is 5.91 Å². The minimum Gasteiger partial charge on any atom is -0.317 e. The summed E-state index contributed by atoms with van der Waals surface area (Å²) in [6.07, 6.45) is 3.60. The molecule has 0 aromatic carbocycles. The van der Waals surface area contributed by atoms with Crippen LogP contribution in [0.4, 0.5) is 5.00 Å². The van der Waals surface area contributed by atoms with Crippen LogP contribution in [-0.4, -0.2) is 33.4 Å². The molecule has 0 saturated carbocycles. The summed E-state index contributed by atoms with van der Waals surface area (Å²) in [5, 5.41) is 4.94. The Morgan fingerprint density at radius 2 is 2.19 bits per heavy atom. The maximum absolute atomic E-state index is 11.8. The molecule has 1 aliphatic heterocycles. The number of amides is 1. The first-order valence-corrected chi connectivity index (χ1v) is 10.5. The van der Waals surface area contributed by atoms with E-state index in [1.54, 1.807) is 42.0 Å². The standard InChI is InChI=1S/C19H22N4OS2/c1-10(2)23-8-11(3)16-15(9-23)26-18(21-12(4)24)17(16)19-22-13-7-20-6-5-14(13)25-19/h5-7,10-11H,8-9H2,1-4H3,(H,21,24). The second-order valence-corrected chi connectivity index (χ2v) is 9.25. The Labute approximate surface area is 161 Å². The summed E-state index contributed by atoms with van der Waals surface area (Å²) in [4.78, 5) is 24.6. The number of anilines is 1. The molecule has 5 nitrogen and oxygen atoms in total. The van der Waals surface area contributed by atoms with E-state index in [2.05, 4.69) is 36.0 Å². The van der Waals surface area contributed by atoms with Gasteiger partial charge in [-0.1, -0.05) is 6.92 Å². The van der Waals surface area contributed by atoms with Crippen molar-refractivity contribution in [2.45, 2.75) is 46.2 Å². The number of carbonyl (C=O) groups is 1. The second-order valence-electron chi connectivity index (χ2n) is 7.11. The Kier molecular flexibility index (Phi) is 4.54. The average Bonchev–Trinajstić information content (AvgIpc) is 3.14. The van der Waals surface area contributed by atoms with E-state index in [1.165, 1.54) is 10.4 Å². The van der Waals surface area contributed by atoms with Gasteiger partial charge in [-0.25, -0.2) is 4.98 Å². The molecular weight excluding hydrogens is 364 g/mol. The van der Waals surface area contributed by atoms with Crippen LogP contribution in [0.15, 0.2) is 18.5 Å². The summed E-state index contributed by atoms with van der Waals surface area (Å²) in [5.41, 5.74) is 3.37. The lowest BCUT2D eigenvalue weighted by Gasteiger charge is -2.34. The summed E-state index contributed by atoms with van der Waals surface area (Å²) in [6.45, 7) is 10.3. The fraction of sp³-hybridized carbons (Fsp3) is 0.421. The highest BCUT2D eigenvalue weighted by Gasteiger charge is 2.32. The van der Waals surface area contributed by atoms with E-state index in [1.807, 2.05) is 6.07 Å². The number of nitrogens with one attached hydrogen (secondary N) is 1. The molecule has 1 amide bonds. The van der Waals surface area contributed by atoms with Crippen molar-refractivity contribution >= 4 is 43.8 Å². The molecule has 3 aromatic rings. The molecular formula is C19H22N4OS2. The van der Waals surface area contributed by atoms with E-state index in [0.717, 1.165) is 38.9 Å². The van der Waals surface area contributed by atoms with Crippen LogP contribution < -0.4 is 5.32 Å². The van der Waals surface area contributed by atoms with Crippen molar-refractivity contribution in [3.8, 4) is 10.6 Å². The topological polar surface area (TPSA) is 58.1 Å². The fourth-order valence-corrected chi connectivity index (χ4v) is 6.02. The van der Waals surface area contributed by atoms with Gasteiger partial charge in [-0.15, -0.1) is 22.7 Å². The smallest absolute Gasteiger partial charge is 0.221 e. The van der Waals surface area contributed by atoms with Crippen molar-refractivity contribution in [1.82, 2.24) is 14.9 Å². The van der Waals surface area contributed by atoms with Crippen molar-refractivity contribution in [2.75, 3.05) is 11.9 Å². The van der Waals surface area contributed by atoms with Crippen LogP contribution in [-0.2, 0) is 11.3 Å². The number of aromatic nitrogens is 2. The van der Waals surface area contributed by atoms with Crippen LogP contribution in [0.1, 0.15) is 44.1 Å². The molecule has 1 unspecified atom stereocenters. The molecule has 0 spiro atoms. The number of fused-ring (bicyclic) bond motifs is 2. The molecule has 0 bridgehead atoms. The number of hydrogen-bond acceptors (Lipinski definition) is 6. The third kappa shape index (κ3) is 3.04. The van der Waals surface area contributed by atoms with Crippen LogP contribution in [0.2, 0.25) is 0 Å². The molecule has 136 valence electrons. The quantitative estimate of drug-likeness (QED) is 0.708. The van der Waals surface area contributed by atoms with Gasteiger partial charge < -0.3 is 5.32 Å². The average molecular weight is 387 g/mol. The van der Waals surface area contributed by atoms with Gasteiger partial charge >= 0.3 is 0 Å². The number of hydrogen-bond donors (Lipinski definition) is 1. The molecule has 0 radical (unpaired) electrons. The Bertz CT molecular complexity index is 942. The minimum atomic E-state index is -0.0407. The Morgan fingerprint density at radius 1 is 1.38 bits per heavy atom. The molecule has 4 heterocycles. The Balaban J connectivity index is 1.88. The van der Waals surface area contributed by atoms with E-state index >= 15 is 0 Å². The molecule has 26 heavy (non-hydrogen) atoms. The van der Waals surface area contributed by atoms with Crippen LogP contribution in [0.3, 0.4) is 0 Å². The van der Waals surface area contributed by atoms with Gasteiger partial charge in [0.25, 0.3) is 0 Å². The summed E-state index contributed by atoms with van der Waals surface area (Å²) < 4.78 is 1.12. The zero-order chi connectivity index (χ0) is 18.4. The summed E-state index contributed by atoms with van der Waals surface area (Å²) in [5.74, 6) is 0.362. The van der Waals surface area contributed by atoms with Crippen LogP contribution in [0, 0.1) is 0 Å². The van der Waals surface area contributed by atoms with Crippen LogP contribution in [0.25, 0.3) is 20.8 Å². The third-order valence-corrected chi connectivity index (χ3v) is 6.95. The summed E-state index contributed by atoms with van der Waals surface area (Å²) in [6, 6.07) is 2.51. The molecule has 4 rings (SSSR count). The monoisotopic (exact) mass is 386 g/mol. The molecule has 7 heteroatoms. The fourth-order valence-electron chi connectivity index (χ4n) is 3.56. The highest BCUT2D eigenvalue weighted by Crippen LogP contribution is 2.48. The predicted octanol–water partition coefficient (Wildman–Crippen LogP) is 4.71. The first-order chi connectivity index (χ1) is 12.4. The molecule has 0 aliphatic carbocycles. The van der Waals surface area contributed by atoms with E-state index < -0.39 is 0 Å². The van der Waals surface area contributed by atoms with E-state index in [0.29, 0.717) is 12.0 Å². The molecule has 0 saturated heterocycles. The number of thiophene rings is 1. The maximum atomic E-state index is 11.8. The Hall–Kier alpha value is -1.83. The van der Waals surface area contributed by atoms with Crippen molar-refractivity contribution < 1.29 is 4.79 Å². The molecule has 1 N–H and O–H groups in total.